The molecule has 0 aliphatic carbocycles. The summed E-state index contributed by atoms with van der Waals surface area (Å²) >= 11 is 8.89. The molecule has 2 aromatic rings. The van der Waals surface area contributed by atoms with E-state index in [0.717, 1.165) is 17.4 Å². The summed E-state index contributed by atoms with van der Waals surface area (Å²) in [5, 5.41) is 2.68. The van der Waals surface area contributed by atoms with Gasteiger partial charge in [-0.05, 0) is 23.4 Å². The Balaban J connectivity index is 1.82. The van der Waals surface area contributed by atoms with Crippen LogP contribution in [0.15, 0.2) is 21.1 Å². The molecule has 0 saturated carbocycles. The second-order valence-corrected chi connectivity index (χ2v) is 6.13. The summed E-state index contributed by atoms with van der Waals surface area (Å²) in [5.41, 5.74) is 0. The van der Waals surface area contributed by atoms with E-state index < -0.39 is 0 Å². The number of rotatable bonds is 3. The lowest BCUT2D eigenvalue weighted by molar-refractivity contribution is 0.122. The summed E-state index contributed by atoms with van der Waals surface area (Å²) in [6, 6.07) is 0. The third-order valence-corrected chi connectivity index (χ3v) is 4.38. The number of morpholine rings is 1. The fraction of sp³-hybridized carbons (Fsp3) is 0.400. The van der Waals surface area contributed by atoms with E-state index in [1.165, 1.54) is 23.1 Å². The van der Waals surface area contributed by atoms with Crippen LogP contribution in [0.4, 0.5) is 5.95 Å². The highest BCUT2D eigenvalue weighted by Crippen LogP contribution is 2.28. The zero-order valence-corrected chi connectivity index (χ0v) is 12.2. The molecular weight excluding hydrogens is 306 g/mol. The average molecular weight is 316 g/mol. The average Bonchev–Trinajstić information content (AvgIpc) is 2.92. The lowest BCUT2D eigenvalue weighted by Gasteiger charge is -2.26. The zero-order chi connectivity index (χ0) is 13.1. The van der Waals surface area contributed by atoms with E-state index in [0.29, 0.717) is 24.3 Å². The highest BCUT2D eigenvalue weighted by molar-refractivity contribution is 8.00. The number of thiazole rings is 1. The van der Waals surface area contributed by atoms with Crippen molar-refractivity contribution in [3.05, 3.63) is 16.9 Å². The molecule has 0 radical (unpaired) electrons. The largest absolute Gasteiger partial charge is 0.378 e. The molecule has 1 aliphatic heterocycles. The molecule has 1 saturated heterocycles. The molecule has 3 rings (SSSR count). The van der Waals surface area contributed by atoms with Crippen molar-refractivity contribution in [2.75, 3.05) is 31.2 Å². The van der Waals surface area contributed by atoms with E-state index in [2.05, 4.69) is 19.9 Å². The minimum Gasteiger partial charge on any atom is -0.378 e. The van der Waals surface area contributed by atoms with Crippen LogP contribution >= 0.6 is 34.7 Å². The molecule has 19 heavy (non-hydrogen) atoms. The van der Waals surface area contributed by atoms with Gasteiger partial charge in [0.1, 0.15) is 0 Å². The Bertz CT molecular complexity index is 547. The smallest absolute Gasteiger partial charge is 0.230 e. The van der Waals surface area contributed by atoms with Crippen molar-refractivity contribution < 1.29 is 4.74 Å². The van der Waals surface area contributed by atoms with E-state index in [1.54, 1.807) is 6.20 Å². The van der Waals surface area contributed by atoms with Gasteiger partial charge >= 0.3 is 0 Å². The predicted octanol–water partition coefficient (Wildman–Crippen LogP) is 1.97. The topological polar surface area (TPSA) is 64.0 Å². The summed E-state index contributed by atoms with van der Waals surface area (Å²) < 4.78 is 6.19. The molecule has 0 N–H and O–H groups in total. The normalized spacial score (nSPS) is 15.7. The molecular formula is C10H10ClN5OS2. The van der Waals surface area contributed by atoms with Crippen LogP contribution in [-0.4, -0.2) is 46.2 Å². The third kappa shape index (κ3) is 3.33. The van der Waals surface area contributed by atoms with Gasteiger partial charge in [-0.15, -0.1) is 11.3 Å². The highest BCUT2D eigenvalue weighted by Gasteiger charge is 2.16. The van der Waals surface area contributed by atoms with E-state index >= 15 is 0 Å². The Morgan fingerprint density at radius 2 is 2.11 bits per heavy atom. The van der Waals surface area contributed by atoms with Crippen molar-refractivity contribution in [1.82, 2.24) is 19.9 Å². The second kappa shape index (κ2) is 6.00. The van der Waals surface area contributed by atoms with Crippen LogP contribution in [0.5, 0.6) is 0 Å². The maximum absolute atomic E-state index is 5.96. The van der Waals surface area contributed by atoms with Gasteiger partial charge in [0.25, 0.3) is 0 Å². The Morgan fingerprint density at radius 1 is 1.26 bits per heavy atom. The molecule has 2 aromatic heterocycles. The number of hydrogen-bond acceptors (Lipinski definition) is 8. The summed E-state index contributed by atoms with van der Waals surface area (Å²) in [5.74, 6) is 0.599. The maximum Gasteiger partial charge on any atom is 0.230 e. The quantitative estimate of drug-likeness (QED) is 0.858. The fourth-order valence-corrected chi connectivity index (χ4v) is 3.29. The fourth-order valence-electron chi connectivity index (χ4n) is 1.61. The Kier molecular flexibility index (Phi) is 4.12. The first-order valence-corrected chi connectivity index (χ1v) is 7.70. The maximum atomic E-state index is 5.96. The van der Waals surface area contributed by atoms with Crippen molar-refractivity contribution in [3.63, 3.8) is 0 Å². The predicted molar refractivity (Wildman–Crippen MR) is 74.1 cm³/mol. The monoisotopic (exact) mass is 315 g/mol. The Hall–Kier alpha value is -0.960. The van der Waals surface area contributed by atoms with Gasteiger partial charge in [0.05, 0.1) is 13.2 Å². The molecule has 0 spiro atoms. The van der Waals surface area contributed by atoms with Gasteiger partial charge in [-0.25, -0.2) is 4.98 Å². The van der Waals surface area contributed by atoms with Gasteiger partial charge in [-0.2, -0.15) is 15.0 Å². The number of halogens is 1. The summed E-state index contributed by atoms with van der Waals surface area (Å²) in [6.07, 6.45) is 1.75. The molecule has 6 nitrogen and oxygen atoms in total. The first-order chi connectivity index (χ1) is 9.31. The first-order valence-electron chi connectivity index (χ1n) is 5.63. The van der Waals surface area contributed by atoms with E-state index in [-0.39, 0.29) is 5.28 Å². The second-order valence-electron chi connectivity index (χ2n) is 3.69. The SMILES string of the molecule is Clc1nc(Sc2nccs2)nc(N2CCOCC2)n1. The van der Waals surface area contributed by atoms with Crippen LogP contribution in [0.1, 0.15) is 0 Å². The molecule has 0 unspecified atom stereocenters. The number of aromatic nitrogens is 4. The molecule has 0 amide bonds. The molecule has 1 fully saturated rings. The molecule has 0 bridgehead atoms. The van der Waals surface area contributed by atoms with Crippen LogP contribution in [0.3, 0.4) is 0 Å². The molecule has 3 heterocycles. The van der Waals surface area contributed by atoms with Crippen LogP contribution in [0.2, 0.25) is 5.28 Å². The van der Waals surface area contributed by atoms with Gasteiger partial charge in [-0.3, -0.25) is 0 Å². The lowest BCUT2D eigenvalue weighted by atomic mass is 10.4. The summed E-state index contributed by atoms with van der Waals surface area (Å²) in [6.45, 7) is 2.89. The van der Waals surface area contributed by atoms with Crippen LogP contribution in [-0.2, 0) is 4.74 Å². The number of hydrogen-bond donors (Lipinski definition) is 0. The first kappa shape index (κ1) is 13.0. The van der Waals surface area contributed by atoms with Crippen molar-refractivity contribution >= 4 is 40.6 Å². The number of anilines is 1. The van der Waals surface area contributed by atoms with Gasteiger partial charge in [-0.1, -0.05) is 0 Å². The lowest BCUT2D eigenvalue weighted by Crippen LogP contribution is -2.37. The summed E-state index contributed by atoms with van der Waals surface area (Å²) in [7, 11) is 0. The van der Waals surface area contributed by atoms with Crippen molar-refractivity contribution in [1.29, 1.82) is 0 Å². The Labute approximate surface area is 123 Å². The standard InChI is InChI=1S/C10H10ClN5OS2/c11-7-13-8(16-2-4-17-5-3-16)15-9(14-7)19-10-12-1-6-18-10/h1,6H,2-5H2. The molecule has 0 aromatic carbocycles. The zero-order valence-electron chi connectivity index (χ0n) is 9.82. The van der Waals surface area contributed by atoms with Gasteiger partial charge in [0, 0.05) is 24.7 Å². The van der Waals surface area contributed by atoms with Crippen LogP contribution in [0.25, 0.3) is 0 Å². The molecule has 1 aliphatic rings. The van der Waals surface area contributed by atoms with Gasteiger partial charge < -0.3 is 9.64 Å². The minimum absolute atomic E-state index is 0.204. The third-order valence-electron chi connectivity index (χ3n) is 2.46. The molecule has 100 valence electrons. The minimum atomic E-state index is 0.204. The number of ether oxygens (including phenoxy) is 1. The Morgan fingerprint density at radius 3 is 2.84 bits per heavy atom. The van der Waals surface area contributed by atoms with E-state index in [9.17, 15) is 0 Å². The van der Waals surface area contributed by atoms with Gasteiger partial charge in [0.2, 0.25) is 16.4 Å². The van der Waals surface area contributed by atoms with Crippen molar-refractivity contribution in [2.45, 2.75) is 9.50 Å². The highest BCUT2D eigenvalue weighted by atomic mass is 35.5. The number of nitrogens with zero attached hydrogens (tertiary/aromatic N) is 5. The molecule has 9 heteroatoms. The van der Waals surface area contributed by atoms with Crippen LogP contribution < -0.4 is 4.90 Å². The summed E-state index contributed by atoms with van der Waals surface area (Å²) in [4.78, 5) is 18.9. The van der Waals surface area contributed by atoms with Crippen molar-refractivity contribution in [3.8, 4) is 0 Å². The van der Waals surface area contributed by atoms with E-state index in [1.807, 2.05) is 10.3 Å². The van der Waals surface area contributed by atoms with E-state index in [4.69, 9.17) is 16.3 Å². The van der Waals surface area contributed by atoms with Crippen molar-refractivity contribution in [2.24, 2.45) is 0 Å². The molecule has 0 atom stereocenters. The van der Waals surface area contributed by atoms with Gasteiger partial charge in [0.15, 0.2) is 4.34 Å². The van der Waals surface area contributed by atoms with Crippen LogP contribution in [0, 0.1) is 0 Å².